The predicted molar refractivity (Wildman–Crippen MR) is 75.6 cm³/mol. The maximum atomic E-state index is 9.62. The number of halogens is 3. The molecule has 66 valence electrons. The van der Waals surface area contributed by atoms with E-state index in [4.69, 9.17) is 0 Å². The predicted octanol–water partition coefficient (Wildman–Crippen LogP) is 3.77. The van der Waals surface area contributed by atoms with Crippen molar-refractivity contribution >= 4 is 67.8 Å². The second-order valence-electron chi connectivity index (χ2n) is 2.33. The number of benzene rings is 1. The standard InChI is InChI=1S/C8H7I3O/c1-2-4-5(9)3-6(10)8(12)7(4)11/h3,12H,2H2,1H3. The van der Waals surface area contributed by atoms with E-state index in [0.29, 0.717) is 5.75 Å². The molecule has 0 radical (unpaired) electrons. The highest BCUT2D eigenvalue weighted by Crippen LogP contribution is 2.32. The van der Waals surface area contributed by atoms with Crippen LogP contribution in [0, 0.1) is 10.7 Å². The summed E-state index contributed by atoms with van der Waals surface area (Å²) in [6.07, 6.45) is 0.973. The molecule has 1 N–H and O–H groups in total. The van der Waals surface area contributed by atoms with Crippen molar-refractivity contribution in [1.29, 1.82) is 0 Å². The van der Waals surface area contributed by atoms with E-state index in [1.165, 1.54) is 9.13 Å². The van der Waals surface area contributed by atoms with E-state index in [0.717, 1.165) is 13.6 Å². The second kappa shape index (κ2) is 4.63. The molecule has 0 unspecified atom stereocenters. The number of hydrogen-bond acceptors (Lipinski definition) is 1. The zero-order valence-electron chi connectivity index (χ0n) is 6.37. The van der Waals surface area contributed by atoms with Gasteiger partial charge in [0.1, 0.15) is 5.75 Å². The van der Waals surface area contributed by atoms with E-state index in [9.17, 15) is 5.11 Å². The zero-order chi connectivity index (χ0) is 9.30. The summed E-state index contributed by atoms with van der Waals surface area (Å²) in [6, 6.07) is 2.01. The Morgan fingerprint density at radius 1 is 1.25 bits per heavy atom. The summed E-state index contributed by atoms with van der Waals surface area (Å²) in [5.74, 6) is 0.425. The van der Waals surface area contributed by atoms with E-state index >= 15 is 0 Å². The minimum Gasteiger partial charge on any atom is -0.506 e. The van der Waals surface area contributed by atoms with Crippen molar-refractivity contribution in [2.75, 3.05) is 0 Å². The van der Waals surface area contributed by atoms with Crippen LogP contribution in [0.5, 0.6) is 5.75 Å². The Bertz CT molecular complexity index is 310. The summed E-state index contributed by atoms with van der Waals surface area (Å²) in [5.41, 5.74) is 1.24. The van der Waals surface area contributed by atoms with Crippen LogP contribution < -0.4 is 0 Å². The fourth-order valence-corrected chi connectivity index (χ4v) is 5.08. The molecule has 4 heteroatoms. The van der Waals surface area contributed by atoms with Crippen LogP contribution in [0.3, 0.4) is 0 Å². The summed E-state index contributed by atoms with van der Waals surface area (Å²) < 4.78 is 3.16. The van der Waals surface area contributed by atoms with Crippen LogP contribution in [0.15, 0.2) is 6.07 Å². The Kier molecular flexibility index (Phi) is 4.35. The summed E-state index contributed by atoms with van der Waals surface area (Å²) in [5, 5.41) is 9.62. The van der Waals surface area contributed by atoms with Gasteiger partial charge in [-0.25, -0.2) is 0 Å². The van der Waals surface area contributed by atoms with E-state index in [-0.39, 0.29) is 0 Å². The van der Waals surface area contributed by atoms with Crippen LogP contribution in [0.1, 0.15) is 12.5 Å². The molecule has 0 saturated carbocycles. The Morgan fingerprint density at radius 3 is 2.33 bits per heavy atom. The fourth-order valence-electron chi connectivity index (χ4n) is 0.943. The van der Waals surface area contributed by atoms with E-state index in [1.807, 2.05) is 6.07 Å². The summed E-state index contributed by atoms with van der Waals surface area (Å²) in [4.78, 5) is 0. The van der Waals surface area contributed by atoms with Gasteiger partial charge in [-0.05, 0) is 85.8 Å². The van der Waals surface area contributed by atoms with Crippen LogP contribution in [0.25, 0.3) is 0 Å². The first-order chi connectivity index (χ1) is 5.57. The maximum Gasteiger partial charge on any atom is 0.142 e. The van der Waals surface area contributed by atoms with Gasteiger partial charge in [0.15, 0.2) is 0 Å². The lowest BCUT2D eigenvalue weighted by molar-refractivity contribution is 0.466. The van der Waals surface area contributed by atoms with Gasteiger partial charge in [-0.15, -0.1) is 0 Å². The summed E-state index contributed by atoms with van der Waals surface area (Å²) >= 11 is 6.65. The molecule has 0 heterocycles. The molecule has 0 spiro atoms. The Morgan fingerprint density at radius 2 is 1.83 bits per heavy atom. The molecule has 0 aliphatic heterocycles. The summed E-state index contributed by atoms with van der Waals surface area (Å²) in [6.45, 7) is 2.10. The van der Waals surface area contributed by atoms with Gasteiger partial charge in [-0.1, -0.05) is 6.92 Å². The van der Waals surface area contributed by atoms with Crippen molar-refractivity contribution in [1.82, 2.24) is 0 Å². The first-order valence-electron chi connectivity index (χ1n) is 3.43. The van der Waals surface area contributed by atoms with Crippen molar-refractivity contribution < 1.29 is 5.11 Å². The molecule has 1 nitrogen and oxygen atoms in total. The lowest BCUT2D eigenvalue weighted by Crippen LogP contribution is -1.93. The molecule has 1 rings (SSSR count). The number of phenols is 1. The van der Waals surface area contributed by atoms with Gasteiger partial charge >= 0.3 is 0 Å². The molecule has 0 aromatic heterocycles. The lowest BCUT2D eigenvalue weighted by atomic mass is 10.2. The molecule has 0 fully saturated rings. The monoisotopic (exact) mass is 500 g/mol. The van der Waals surface area contributed by atoms with Crippen LogP contribution in [-0.4, -0.2) is 5.11 Å². The Labute approximate surface area is 113 Å². The molecule has 1 aromatic carbocycles. The van der Waals surface area contributed by atoms with Gasteiger partial charge in [-0.2, -0.15) is 0 Å². The first-order valence-corrected chi connectivity index (χ1v) is 6.66. The highest BCUT2D eigenvalue weighted by atomic mass is 127. The second-order valence-corrected chi connectivity index (χ2v) is 5.74. The molecule has 0 atom stereocenters. The molecular weight excluding hydrogens is 493 g/mol. The van der Waals surface area contributed by atoms with Crippen LogP contribution in [-0.2, 0) is 6.42 Å². The highest BCUT2D eigenvalue weighted by molar-refractivity contribution is 14.1. The molecule has 0 saturated heterocycles. The molecule has 0 bridgehead atoms. The minimum atomic E-state index is 0.425. The van der Waals surface area contributed by atoms with E-state index in [2.05, 4.69) is 74.7 Å². The largest absolute Gasteiger partial charge is 0.506 e. The van der Waals surface area contributed by atoms with Crippen molar-refractivity contribution in [3.8, 4) is 5.75 Å². The van der Waals surface area contributed by atoms with Gasteiger partial charge < -0.3 is 5.11 Å². The molecule has 12 heavy (non-hydrogen) atoms. The topological polar surface area (TPSA) is 20.2 Å². The van der Waals surface area contributed by atoms with Crippen LogP contribution in [0.4, 0.5) is 0 Å². The van der Waals surface area contributed by atoms with Gasteiger partial charge in [0.2, 0.25) is 0 Å². The van der Waals surface area contributed by atoms with Gasteiger partial charge in [-0.3, -0.25) is 0 Å². The molecule has 1 aromatic rings. The quantitative estimate of drug-likeness (QED) is 0.583. The lowest BCUT2D eigenvalue weighted by Gasteiger charge is -2.08. The molecular formula is C8H7I3O. The number of rotatable bonds is 1. The third kappa shape index (κ3) is 2.17. The maximum absolute atomic E-state index is 9.62. The fraction of sp³-hybridized carbons (Fsp3) is 0.250. The van der Waals surface area contributed by atoms with Crippen molar-refractivity contribution in [2.45, 2.75) is 13.3 Å². The molecule has 0 aliphatic carbocycles. The number of aromatic hydroxyl groups is 1. The van der Waals surface area contributed by atoms with Crippen molar-refractivity contribution in [3.63, 3.8) is 0 Å². The van der Waals surface area contributed by atoms with E-state index in [1.54, 1.807) is 0 Å². The Hall–Kier alpha value is 1.21. The first kappa shape index (κ1) is 11.3. The van der Waals surface area contributed by atoms with Gasteiger partial charge in [0, 0.05) is 3.57 Å². The Balaban J connectivity index is 3.40. The molecule has 0 amide bonds. The van der Waals surface area contributed by atoms with Crippen LogP contribution in [0.2, 0.25) is 0 Å². The number of hydrogen-bond donors (Lipinski definition) is 1. The third-order valence-electron chi connectivity index (χ3n) is 1.59. The normalized spacial score (nSPS) is 10.3. The van der Waals surface area contributed by atoms with Crippen molar-refractivity contribution in [3.05, 3.63) is 22.3 Å². The third-order valence-corrected chi connectivity index (χ3v) is 4.54. The minimum absolute atomic E-state index is 0.425. The zero-order valence-corrected chi connectivity index (χ0v) is 12.8. The van der Waals surface area contributed by atoms with Crippen molar-refractivity contribution in [2.24, 2.45) is 0 Å². The van der Waals surface area contributed by atoms with Gasteiger partial charge in [0.25, 0.3) is 0 Å². The number of phenolic OH excluding ortho intramolecular Hbond substituents is 1. The average molecular weight is 500 g/mol. The van der Waals surface area contributed by atoms with Gasteiger partial charge in [0.05, 0.1) is 7.14 Å². The van der Waals surface area contributed by atoms with Crippen LogP contribution >= 0.6 is 67.8 Å². The smallest absolute Gasteiger partial charge is 0.142 e. The SMILES string of the molecule is CCc1c(I)cc(I)c(O)c1I. The molecule has 0 aliphatic rings. The van der Waals surface area contributed by atoms with E-state index < -0.39 is 0 Å². The highest BCUT2D eigenvalue weighted by Gasteiger charge is 2.10. The average Bonchev–Trinajstić information content (AvgIpc) is 2.01. The summed E-state index contributed by atoms with van der Waals surface area (Å²) in [7, 11) is 0.